The summed E-state index contributed by atoms with van der Waals surface area (Å²) in [4.78, 5) is 63.6. The standard InChI is InChI=1S/C19H35N7O8/c1-8(2)13(20)16(31)26-14(9(3)27)17(32)24-10(5-4-6-23-19(21)22)15(30)25-11(18(33)34)7-12(28)29/h8-11,13-14,27H,4-7,20H2,1-3H3,(H,24,32)(H,25,30)(H,26,31)(H,28,29)(H,33,34)(H4,21,22,23). The number of aliphatic hydroxyl groups is 1. The fourth-order valence-electron chi connectivity index (χ4n) is 2.64. The number of carboxylic acids is 2. The Hall–Kier alpha value is -3.46. The van der Waals surface area contributed by atoms with E-state index < -0.39 is 66.4 Å². The van der Waals surface area contributed by atoms with E-state index >= 15 is 0 Å². The van der Waals surface area contributed by atoms with E-state index in [4.69, 9.17) is 27.4 Å². The van der Waals surface area contributed by atoms with Crippen LogP contribution < -0.4 is 33.2 Å². The number of aliphatic carboxylic acids is 2. The zero-order valence-electron chi connectivity index (χ0n) is 19.4. The zero-order chi connectivity index (χ0) is 26.6. The van der Waals surface area contributed by atoms with Gasteiger partial charge in [-0.25, -0.2) is 4.79 Å². The van der Waals surface area contributed by atoms with E-state index in [1.165, 1.54) is 6.92 Å². The number of amides is 3. The van der Waals surface area contributed by atoms with Crippen molar-refractivity contribution in [3.63, 3.8) is 0 Å². The Morgan fingerprint density at radius 2 is 1.44 bits per heavy atom. The van der Waals surface area contributed by atoms with E-state index in [1.54, 1.807) is 13.8 Å². The van der Waals surface area contributed by atoms with Crippen LogP contribution in [0.1, 0.15) is 40.0 Å². The second-order valence-corrected chi connectivity index (χ2v) is 8.00. The molecule has 0 aromatic rings. The molecule has 0 spiro atoms. The molecule has 0 saturated heterocycles. The van der Waals surface area contributed by atoms with Gasteiger partial charge in [0.1, 0.15) is 18.1 Å². The Morgan fingerprint density at radius 1 is 0.882 bits per heavy atom. The van der Waals surface area contributed by atoms with E-state index in [0.717, 1.165) is 0 Å². The van der Waals surface area contributed by atoms with Gasteiger partial charge in [0.15, 0.2) is 5.96 Å². The monoisotopic (exact) mass is 489 g/mol. The lowest BCUT2D eigenvalue weighted by Crippen LogP contribution is -2.60. The number of carbonyl (C=O) groups is 5. The molecule has 34 heavy (non-hydrogen) atoms. The molecule has 5 atom stereocenters. The Bertz CT molecular complexity index is 768. The molecule has 0 aliphatic rings. The Balaban J connectivity index is 5.59. The second kappa shape index (κ2) is 14.6. The summed E-state index contributed by atoms with van der Waals surface area (Å²) in [6.07, 6.45) is -2.15. The lowest BCUT2D eigenvalue weighted by atomic mass is 10.0. The highest BCUT2D eigenvalue weighted by atomic mass is 16.4. The molecule has 0 saturated carbocycles. The first-order valence-electron chi connectivity index (χ1n) is 10.5. The maximum absolute atomic E-state index is 12.8. The molecule has 0 aromatic carbocycles. The molecule has 0 aromatic heterocycles. The van der Waals surface area contributed by atoms with Crippen LogP contribution in [-0.4, -0.2) is 87.8 Å². The average Bonchev–Trinajstić information content (AvgIpc) is 2.71. The summed E-state index contributed by atoms with van der Waals surface area (Å²) in [5.74, 6) is -6.12. The summed E-state index contributed by atoms with van der Waals surface area (Å²) in [6, 6.07) is -5.53. The average molecular weight is 490 g/mol. The van der Waals surface area contributed by atoms with Gasteiger partial charge < -0.3 is 48.5 Å². The van der Waals surface area contributed by atoms with Crippen molar-refractivity contribution in [1.29, 1.82) is 0 Å². The minimum absolute atomic E-state index is 0.0697. The van der Waals surface area contributed by atoms with Crippen molar-refractivity contribution in [2.75, 3.05) is 6.54 Å². The van der Waals surface area contributed by atoms with Crippen molar-refractivity contribution < 1.29 is 39.3 Å². The molecule has 0 bridgehead atoms. The first-order valence-corrected chi connectivity index (χ1v) is 10.5. The number of carbonyl (C=O) groups excluding carboxylic acids is 3. The molecular weight excluding hydrogens is 454 g/mol. The summed E-state index contributed by atoms with van der Waals surface area (Å²) >= 11 is 0. The van der Waals surface area contributed by atoms with Gasteiger partial charge in [0.05, 0.1) is 18.6 Å². The number of nitrogens with two attached hydrogens (primary N) is 3. The Labute approximate surface area is 196 Å². The number of guanidine groups is 1. The van der Waals surface area contributed by atoms with Crippen LogP contribution in [0.2, 0.25) is 0 Å². The third-order valence-electron chi connectivity index (χ3n) is 4.66. The highest BCUT2D eigenvalue weighted by molar-refractivity contribution is 5.94. The van der Waals surface area contributed by atoms with Gasteiger partial charge in [-0.05, 0) is 25.7 Å². The Kier molecular flexibility index (Phi) is 13.2. The van der Waals surface area contributed by atoms with Crippen molar-refractivity contribution in [3.05, 3.63) is 0 Å². The second-order valence-electron chi connectivity index (χ2n) is 8.00. The van der Waals surface area contributed by atoms with Crippen LogP contribution in [0.25, 0.3) is 0 Å². The van der Waals surface area contributed by atoms with Crippen molar-refractivity contribution in [2.45, 2.75) is 70.3 Å². The van der Waals surface area contributed by atoms with Gasteiger partial charge in [0.25, 0.3) is 0 Å². The molecule has 0 aliphatic heterocycles. The van der Waals surface area contributed by atoms with Crippen molar-refractivity contribution in [3.8, 4) is 0 Å². The molecule has 194 valence electrons. The first kappa shape index (κ1) is 30.5. The van der Waals surface area contributed by atoms with Crippen LogP contribution in [0.3, 0.4) is 0 Å². The third-order valence-corrected chi connectivity index (χ3v) is 4.66. The van der Waals surface area contributed by atoms with E-state index in [2.05, 4.69) is 20.9 Å². The largest absolute Gasteiger partial charge is 0.481 e. The minimum Gasteiger partial charge on any atom is -0.481 e. The molecule has 0 fully saturated rings. The highest BCUT2D eigenvalue weighted by Gasteiger charge is 2.33. The normalized spacial score (nSPS) is 15.2. The first-order chi connectivity index (χ1) is 15.7. The fourth-order valence-corrected chi connectivity index (χ4v) is 2.64. The topological polar surface area (TPSA) is 273 Å². The van der Waals surface area contributed by atoms with Crippen LogP contribution in [-0.2, 0) is 24.0 Å². The lowest BCUT2D eigenvalue weighted by molar-refractivity contribution is -0.147. The van der Waals surface area contributed by atoms with Crippen LogP contribution in [0.15, 0.2) is 4.99 Å². The minimum atomic E-state index is -1.75. The molecule has 0 radical (unpaired) electrons. The number of aliphatic imine (C=N–C) groups is 1. The molecule has 12 N–H and O–H groups in total. The van der Waals surface area contributed by atoms with Crippen molar-refractivity contribution in [2.24, 2.45) is 28.1 Å². The number of nitrogens with zero attached hydrogens (tertiary/aromatic N) is 1. The smallest absolute Gasteiger partial charge is 0.326 e. The molecular formula is C19H35N7O8. The molecule has 5 unspecified atom stereocenters. The van der Waals surface area contributed by atoms with Gasteiger partial charge >= 0.3 is 11.9 Å². The number of aliphatic hydroxyl groups excluding tert-OH is 1. The molecule has 3 amide bonds. The summed E-state index contributed by atoms with van der Waals surface area (Å²) < 4.78 is 0. The molecule has 15 nitrogen and oxygen atoms in total. The molecule has 0 aliphatic carbocycles. The van der Waals surface area contributed by atoms with Crippen molar-refractivity contribution >= 4 is 35.6 Å². The van der Waals surface area contributed by atoms with E-state index in [-0.39, 0.29) is 31.3 Å². The van der Waals surface area contributed by atoms with Crippen LogP contribution in [0.4, 0.5) is 0 Å². The number of nitrogens with one attached hydrogen (secondary N) is 3. The molecule has 15 heteroatoms. The maximum atomic E-state index is 12.8. The summed E-state index contributed by atoms with van der Waals surface area (Å²) in [6.45, 7) is 4.70. The van der Waals surface area contributed by atoms with Gasteiger partial charge in [-0.3, -0.25) is 24.2 Å². The Morgan fingerprint density at radius 3 is 1.88 bits per heavy atom. The molecule has 0 heterocycles. The quantitative estimate of drug-likeness (QED) is 0.0616. The van der Waals surface area contributed by atoms with Crippen molar-refractivity contribution in [1.82, 2.24) is 16.0 Å². The molecule has 0 rings (SSSR count). The van der Waals surface area contributed by atoms with Gasteiger partial charge in [-0.15, -0.1) is 0 Å². The summed E-state index contributed by atoms with van der Waals surface area (Å²) in [7, 11) is 0. The zero-order valence-corrected chi connectivity index (χ0v) is 19.4. The SMILES string of the molecule is CC(C)C(N)C(=O)NC(C(=O)NC(CCCN=C(N)N)C(=O)NC(CC(=O)O)C(=O)O)C(C)O. The highest BCUT2D eigenvalue weighted by Crippen LogP contribution is 2.05. The fraction of sp³-hybridized carbons (Fsp3) is 0.684. The number of rotatable bonds is 15. The third kappa shape index (κ3) is 11.4. The van der Waals surface area contributed by atoms with Gasteiger partial charge in [0, 0.05) is 6.54 Å². The number of hydrogen-bond acceptors (Lipinski definition) is 8. The predicted octanol–water partition coefficient (Wildman–Crippen LogP) is -3.58. The van der Waals surface area contributed by atoms with Gasteiger partial charge in [-0.2, -0.15) is 0 Å². The van der Waals surface area contributed by atoms with Gasteiger partial charge in [-0.1, -0.05) is 13.8 Å². The summed E-state index contributed by atoms with van der Waals surface area (Å²) in [5, 5.41) is 34.7. The van der Waals surface area contributed by atoms with Crippen LogP contribution in [0.5, 0.6) is 0 Å². The van der Waals surface area contributed by atoms with E-state index in [0.29, 0.717) is 0 Å². The van der Waals surface area contributed by atoms with E-state index in [1.807, 2.05) is 0 Å². The van der Waals surface area contributed by atoms with Crippen LogP contribution in [0, 0.1) is 5.92 Å². The maximum Gasteiger partial charge on any atom is 0.326 e. The number of hydrogen-bond donors (Lipinski definition) is 9. The summed E-state index contributed by atoms with van der Waals surface area (Å²) in [5.41, 5.74) is 16.2. The van der Waals surface area contributed by atoms with Gasteiger partial charge in [0.2, 0.25) is 17.7 Å². The predicted molar refractivity (Wildman–Crippen MR) is 120 cm³/mol. The van der Waals surface area contributed by atoms with Crippen LogP contribution >= 0.6 is 0 Å². The number of carboxylic acid groups (broad SMARTS) is 2. The lowest BCUT2D eigenvalue weighted by Gasteiger charge is -2.26. The van der Waals surface area contributed by atoms with E-state index in [9.17, 15) is 29.1 Å².